The topological polar surface area (TPSA) is 96.0 Å². The van der Waals surface area contributed by atoms with E-state index in [0.717, 1.165) is 15.4 Å². The summed E-state index contributed by atoms with van der Waals surface area (Å²) in [5.74, 6) is 0.0594. The van der Waals surface area contributed by atoms with E-state index in [9.17, 15) is 18.0 Å². The smallest absolute Gasteiger partial charge is 0.264 e. The van der Waals surface area contributed by atoms with Crippen molar-refractivity contribution in [2.75, 3.05) is 25.0 Å². The molecule has 0 aliphatic heterocycles. The zero-order valence-electron chi connectivity index (χ0n) is 22.4. The zero-order chi connectivity index (χ0) is 27.9. The van der Waals surface area contributed by atoms with Crippen molar-refractivity contribution in [3.05, 3.63) is 90.0 Å². The fourth-order valence-corrected chi connectivity index (χ4v) is 5.43. The molecule has 0 fully saturated rings. The molecule has 0 unspecified atom stereocenters. The predicted octanol–water partition coefficient (Wildman–Crippen LogP) is 4.18. The van der Waals surface area contributed by atoms with Crippen molar-refractivity contribution in [3.8, 4) is 5.75 Å². The first-order valence-corrected chi connectivity index (χ1v) is 13.8. The van der Waals surface area contributed by atoms with Crippen LogP contribution >= 0.6 is 0 Å². The third-order valence-electron chi connectivity index (χ3n) is 6.38. The summed E-state index contributed by atoms with van der Waals surface area (Å²) >= 11 is 0. The zero-order valence-corrected chi connectivity index (χ0v) is 23.2. The Morgan fingerprint density at radius 1 is 0.895 bits per heavy atom. The number of nitrogens with one attached hydrogen (secondary N) is 1. The van der Waals surface area contributed by atoms with Gasteiger partial charge in [0, 0.05) is 13.6 Å². The van der Waals surface area contributed by atoms with Gasteiger partial charge in [-0.15, -0.1) is 0 Å². The Morgan fingerprint density at radius 3 is 2.03 bits per heavy atom. The predicted molar refractivity (Wildman–Crippen MR) is 149 cm³/mol. The molecule has 0 radical (unpaired) electrons. The number of amides is 2. The van der Waals surface area contributed by atoms with Gasteiger partial charge in [0.15, 0.2) is 0 Å². The Labute approximate surface area is 225 Å². The Morgan fingerprint density at radius 2 is 1.50 bits per heavy atom. The van der Waals surface area contributed by atoms with Gasteiger partial charge in [0.1, 0.15) is 18.3 Å². The third-order valence-corrected chi connectivity index (χ3v) is 8.17. The van der Waals surface area contributed by atoms with Crippen LogP contribution in [0.15, 0.2) is 83.8 Å². The van der Waals surface area contributed by atoms with E-state index in [0.29, 0.717) is 11.4 Å². The van der Waals surface area contributed by atoms with Crippen molar-refractivity contribution in [1.29, 1.82) is 0 Å². The quantitative estimate of drug-likeness (QED) is 0.396. The minimum atomic E-state index is -4.08. The second-order valence-corrected chi connectivity index (χ2v) is 11.1. The van der Waals surface area contributed by atoms with Crippen LogP contribution in [0.5, 0.6) is 5.75 Å². The molecule has 3 aromatic carbocycles. The van der Waals surface area contributed by atoms with Crippen molar-refractivity contribution in [1.82, 2.24) is 10.2 Å². The van der Waals surface area contributed by atoms with Crippen molar-refractivity contribution in [3.63, 3.8) is 0 Å². The van der Waals surface area contributed by atoms with Crippen molar-refractivity contribution in [2.24, 2.45) is 0 Å². The summed E-state index contributed by atoms with van der Waals surface area (Å²) in [6.45, 7) is 5.36. The monoisotopic (exact) mass is 537 g/mol. The van der Waals surface area contributed by atoms with Gasteiger partial charge in [0.2, 0.25) is 11.8 Å². The van der Waals surface area contributed by atoms with Gasteiger partial charge in [-0.05, 0) is 60.4 Å². The molecule has 1 N–H and O–H groups in total. The maximum absolute atomic E-state index is 13.8. The van der Waals surface area contributed by atoms with Gasteiger partial charge < -0.3 is 15.0 Å². The van der Waals surface area contributed by atoms with Crippen molar-refractivity contribution >= 4 is 27.5 Å². The number of carbonyl (C=O) groups excluding carboxylic acids is 2. The molecule has 0 aliphatic carbocycles. The van der Waals surface area contributed by atoms with Crippen LogP contribution < -0.4 is 14.4 Å². The molecule has 38 heavy (non-hydrogen) atoms. The van der Waals surface area contributed by atoms with Gasteiger partial charge >= 0.3 is 0 Å². The van der Waals surface area contributed by atoms with Gasteiger partial charge in [-0.3, -0.25) is 13.9 Å². The fraction of sp³-hybridized carbons (Fsp3) is 0.310. The van der Waals surface area contributed by atoms with Crippen LogP contribution in [0.4, 0.5) is 5.69 Å². The number of carbonyl (C=O) groups is 2. The number of benzene rings is 3. The summed E-state index contributed by atoms with van der Waals surface area (Å²) in [6, 6.07) is 21.4. The third kappa shape index (κ3) is 6.72. The van der Waals surface area contributed by atoms with Crippen molar-refractivity contribution < 1.29 is 22.7 Å². The van der Waals surface area contributed by atoms with E-state index in [-0.39, 0.29) is 23.3 Å². The number of hydrogen-bond donors (Lipinski definition) is 1. The average molecular weight is 538 g/mol. The van der Waals surface area contributed by atoms with Crippen LogP contribution in [0.1, 0.15) is 37.8 Å². The van der Waals surface area contributed by atoms with Gasteiger partial charge in [-0.1, -0.05) is 56.3 Å². The molecular weight excluding hydrogens is 502 g/mol. The maximum Gasteiger partial charge on any atom is 0.264 e. The lowest BCUT2D eigenvalue weighted by Gasteiger charge is -2.32. The highest BCUT2D eigenvalue weighted by Crippen LogP contribution is 2.26. The minimum absolute atomic E-state index is 0.0711. The second-order valence-electron chi connectivity index (χ2n) is 9.23. The lowest BCUT2D eigenvalue weighted by Crippen LogP contribution is -2.50. The first kappa shape index (κ1) is 28.7. The van der Waals surface area contributed by atoms with E-state index in [1.54, 1.807) is 68.6 Å². The molecule has 0 bridgehead atoms. The number of nitrogens with zero attached hydrogens (tertiary/aromatic N) is 2. The van der Waals surface area contributed by atoms with E-state index in [1.807, 2.05) is 26.0 Å². The molecule has 0 aliphatic rings. The molecule has 1 atom stereocenters. The van der Waals surface area contributed by atoms with E-state index >= 15 is 0 Å². The van der Waals surface area contributed by atoms with E-state index in [4.69, 9.17) is 4.74 Å². The summed E-state index contributed by atoms with van der Waals surface area (Å²) in [6.07, 6.45) is 0. The molecule has 8 nitrogen and oxygen atoms in total. The highest BCUT2D eigenvalue weighted by atomic mass is 32.2. The first-order valence-electron chi connectivity index (χ1n) is 12.4. The maximum atomic E-state index is 13.8. The number of likely N-dealkylation sites (N-methyl/N-ethyl adjacent to an activating group) is 1. The van der Waals surface area contributed by atoms with Crippen LogP contribution in [0.2, 0.25) is 0 Å². The standard InChI is InChI=1S/C29H35N3O5S/c1-21(2)24-13-15-25(16-14-24)32(38(35,36)27-9-7-6-8-10-27)20-28(33)31(22(3)29(34)30-4)19-23-11-17-26(37-5)18-12-23/h6-18,21-22H,19-20H2,1-5H3,(H,30,34)/t22-/m1/s1. The van der Waals surface area contributed by atoms with Gasteiger partial charge in [0.05, 0.1) is 17.7 Å². The van der Waals surface area contributed by atoms with Crippen molar-refractivity contribution in [2.45, 2.75) is 44.2 Å². The minimum Gasteiger partial charge on any atom is -0.497 e. The first-order chi connectivity index (χ1) is 18.1. The molecule has 2 amide bonds. The Bertz CT molecular complexity index is 1320. The van der Waals surface area contributed by atoms with Crippen LogP contribution in [0, 0.1) is 0 Å². The normalized spacial score (nSPS) is 12.1. The van der Waals surface area contributed by atoms with E-state index < -0.39 is 28.5 Å². The van der Waals surface area contributed by atoms with Gasteiger partial charge in [-0.2, -0.15) is 0 Å². The summed E-state index contributed by atoms with van der Waals surface area (Å²) in [7, 11) is -1.02. The molecule has 9 heteroatoms. The summed E-state index contributed by atoms with van der Waals surface area (Å²) < 4.78 is 33.8. The van der Waals surface area contributed by atoms with Gasteiger partial charge in [0.25, 0.3) is 10.0 Å². The molecular formula is C29H35N3O5S. The molecule has 0 saturated carbocycles. The molecule has 202 valence electrons. The van der Waals surface area contributed by atoms with Crippen LogP contribution in [0.3, 0.4) is 0 Å². The molecule has 0 heterocycles. The fourth-order valence-electron chi connectivity index (χ4n) is 3.99. The van der Waals surface area contributed by atoms with Crippen LogP contribution in [-0.4, -0.2) is 51.9 Å². The van der Waals surface area contributed by atoms with Crippen LogP contribution in [0.25, 0.3) is 0 Å². The number of rotatable bonds is 11. The lowest BCUT2D eigenvalue weighted by molar-refractivity contribution is -0.139. The second kappa shape index (κ2) is 12.6. The molecule has 0 spiro atoms. The van der Waals surface area contributed by atoms with E-state index in [1.165, 1.54) is 24.1 Å². The highest BCUT2D eigenvalue weighted by Gasteiger charge is 2.32. The lowest BCUT2D eigenvalue weighted by atomic mass is 10.0. The highest BCUT2D eigenvalue weighted by molar-refractivity contribution is 7.92. The molecule has 0 saturated heterocycles. The Kier molecular flexibility index (Phi) is 9.52. The number of hydrogen-bond acceptors (Lipinski definition) is 5. The number of methoxy groups -OCH3 is 1. The Hall–Kier alpha value is -3.85. The summed E-state index contributed by atoms with van der Waals surface area (Å²) in [4.78, 5) is 27.8. The largest absolute Gasteiger partial charge is 0.497 e. The molecule has 3 rings (SSSR count). The molecule has 3 aromatic rings. The average Bonchev–Trinajstić information content (AvgIpc) is 2.94. The number of anilines is 1. The van der Waals surface area contributed by atoms with Gasteiger partial charge in [-0.25, -0.2) is 8.42 Å². The summed E-state index contributed by atoms with van der Waals surface area (Å²) in [5.41, 5.74) is 2.18. The Balaban J connectivity index is 2.01. The number of ether oxygens (including phenoxy) is 1. The summed E-state index contributed by atoms with van der Waals surface area (Å²) in [5, 5.41) is 2.58. The van der Waals surface area contributed by atoms with E-state index in [2.05, 4.69) is 5.32 Å². The SMILES string of the molecule is CNC(=O)[C@@H](C)N(Cc1ccc(OC)cc1)C(=O)CN(c1ccc(C(C)C)cc1)S(=O)(=O)c1ccccc1. The molecule has 0 aromatic heterocycles. The number of sulfonamides is 1. The van der Waals surface area contributed by atoms with Crippen LogP contribution in [-0.2, 0) is 26.2 Å².